The second-order valence-electron chi connectivity index (χ2n) is 6.71. The Hall–Kier alpha value is -2.51. The van der Waals surface area contributed by atoms with Gasteiger partial charge in [-0.05, 0) is 25.7 Å². The van der Waals surface area contributed by atoms with Crippen LogP contribution < -0.4 is 4.90 Å². The van der Waals surface area contributed by atoms with Crippen LogP contribution in [0.25, 0.3) is 0 Å². The van der Waals surface area contributed by atoms with Crippen LogP contribution in [-0.2, 0) is 4.79 Å². The lowest BCUT2D eigenvalue weighted by Gasteiger charge is -2.35. The van der Waals surface area contributed by atoms with Gasteiger partial charge < -0.3 is 14.3 Å². The Morgan fingerprint density at radius 2 is 2.12 bits per heavy atom. The molecule has 25 heavy (non-hydrogen) atoms. The summed E-state index contributed by atoms with van der Waals surface area (Å²) in [7, 11) is 0. The van der Waals surface area contributed by atoms with Crippen LogP contribution in [0.3, 0.4) is 0 Å². The maximum Gasteiger partial charge on any atom is 0.228 e. The lowest BCUT2D eigenvalue weighted by molar-refractivity contribution is -0.137. The molecule has 2 aliphatic heterocycles. The molecule has 0 radical (unpaired) electrons. The zero-order chi connectivity index (χ0) is 17.2. The number of carbonyl (C=O) groups excluding carboxylic acids is 1. The first kappa shape index (κ1) is 16.0. The fourth-order valence-corrected chi connectivity index (χ4v) is 3.83. The van der Waals surface area contributed by atoms with Crippen molar-refractivity contribution in [2.75, 3.05) is 24.5 Å². The van der Waals surface area contributed by atoms with Crippen molar-refractivity contribution in [2.45, 2.75) is 38.6 Å². The highest BCUT2D eigenvalue weighted by Gasteiger charge is 2.37. The number of amides is 1. The van der Waals surface area contributed by atoms with Crippen LogP contribution in [0.4, 0.5) is 5.82 Å². The van der Waals surface area contributed by atoms with Crippen LogP contribution in [0.5, 0.6) is 0 Å². The van der Waals surface area contributed by atoms with Crippen LogP contribution in [0, 0.1) is 12.8 Å². The van der Waals surface area contributed by atoms with Crippen LogP contribution in [0.2, 0.25) is 0 Å². The largest absolute Gasteiger partial charge is 0.355 e. The second kappa shape index (κ2) is 6.78. The molecular formula is C17H22N6O2. The van der Waals surface area contributed by atoms with E-state index in [0.717, 1.165) is 44.6 Å². The molecule has 1 amide bonds. The van der Waals surface area contributed by atoms with Crippen molar-refractivity contribution in [1.82, 2.24) is 25.0 Å². The van der Waals surface area contributed by atoms with E-state index in [1.54, 1.807) is 25.5 Å². The predicted molar refractivity (Wildman–Crippen MR) is 89.7 cm³/mol. The molecule has 0 aliphatic carbocycles. The van der Waals surface area contributed by atoms with Crippen LogP contribution >= 0.6 is 0 Å². The number of carbonyl (C=O) groups is 1. The number of rotatable bonds is 3. The van der Waals surface area contributed by atoms with Crippen molar-refractivity contribution in [3.05, 3.63) is 30.3 Å². The first-order chi connectivity index (χ1) is 12.2. The van der Waals surface area contributed by atoms with Crippen molar-refractivity contribution in [3.8, 4) is 0 Å². The van der Waals surface area contributed by atoms with Crippen LogP contribution in [0.1, 0.15) is 43.4 Å². The highest BCUT2D eigenvalue weighted by molar-refractivity contribution is 5.80. The maximum absolute atomic E-state index is 13.1. The number of hydrogen-bond acceptors (Lipinski definition) is 7. The Balaban J connectivity index is 1.48. The Labute approximate surface area is 146 Å². The first-order valence-electron chi connectivity index (χ1n) is 8.84. The van der Waals surface area contributed by atoms with Crippen LogP contribution in [0.15, 0.2) is 23.1 Å². The van der Waals surface area contributed by atoms with Gasteiger partial charge in [0, 0.05) is 39.0 Å². The van der Waals surface area contributed by atoms with Gasteiger partial charge in [0.25, 0.3) is 0 Å². The van der Waals surface area contributed by atoms with E-state index in [9.17, 15) is 4.79 Å². The van der Waals surface area contributed by atoms with E-state index in [4.69, 9.17) is 4.52 Å². The number of aryl methyl sites for hydroxylation is 1. The average molecular weight is 342 g/mol. The van der Waals surface area contributed by atoms with Gasteiger partial charge >= 0.3 is 0 Å². The van der Waals surface area contributed by atoms with Crippen molar-refractivity contribution >= 4 is 11.7 Å². The van der Waals surface area contributed by atoms with Gasteiger partial charge in [0.05, 0.1) is 18.2 Å². The third-order valence-corrected chi connectivity index (χ3v) is 5.02. The Morgan fingerprint density at radius 3 is 2.88 bits per heavy atom. The number of nitrogens with zero attached hydrogens (tertiary/aromatic N) is 6. The molecule has 2 aliphatic rings. The molecule has 132 valence electrons. The van der Waals surface area contributed by atoms with Gasteiger partial charge in [-0.25, -0.2) is 4.98 Å². The summed E-state index contributed by atoms with van der Waals surface area (Å²) in [4.78, 5) is 30.1. The minimum Gasteiger partial charge on any atom is -0.355 e. The second-order valence-corrected chi connectivity index (χ2v) is 6.71. The molecule has 8 heteroatoms. The molecule has 0 N–H and O–H groups in total. The number of likely N-dealkylation sites (tertiary alicyclic amines) is 1. The third-order valence-electron chi connectivity index (χ3n) is 5.02. The van der Waals surface area contributed by atoms with E-state index in [0.29, 0.717) is 18.3 Å². The topological polar surface area (TPSA) is 88.3 Å². The van der Waals surface area contributed by atoms with E-state index in [-0.39, 0.29) is 17.9 Å². The van der Waals surface area contributed by atoms with Gasteiger partial charge in [0.2, 0.25) is 11.8 Å². The maximum atomic E-state index is 13.1. The monoisotopic (exact) mass is 342 g/mol. The van der Waals surface area contributed by atoms with E-state index < -0.39 is 0 Å². The van der Waals surface area contributed by atoms with Crippen molar-refractivity contribution < 1.29 is 9.32 Å². The normalized spacial score (nSPS) is 23.9. The third kappa shape index (κ3) is 3.20. The van der Waals surface area contributed by atoms with Crippen molar-refractivity contribution in [3.63, 3.8) is 0 Å². The van der Waals surface area contributed by atoms with Crippen LogP contribution in [-0.4, -0.2) is 50.5 Å². The molecule has 0 unspecified atom stereocenters. The molecule has 4 rings (SSSR count). The molecule has 0 aromatic carbocycles. The van der Waals surface area contributed by atoms with E-state index in [1.165, 1.54) is 0 Å². The van der Waals surface area contributed by atoms with Gasteiger partial charge in [-0.1, -0.05) is 5.16 Å². The Kier molecular flexibility index (Phi) is 4.33. The molecule has 0 saturated carbocycles. The fraction of sp³-hybridized carbons (Fsp3) is 0.588. The molecule has 0 spiro atoms. The highest BCUT2D eigenvalue weighted by atomic mass is 16.5. The van der Waals surface area contributed by atoms with Gasteiger partial charge in [-0.15, -0.1) is 0 Å². The molecule has 0 bridgehead atoms. The summed E-state index contributed by atoms with van der Waals surface area (Å²) in [5.41, 5.74) is 0. The lowest BCUT2D eigenvalue weighted by Crippen LogP contribution is -2.45. The molecule has 2 saturated heterocycles. The molecule has 4 heterocycles. The molecule has 2 atom stereocenters. The quantitative estimate of drug-likeness (QED) is 0.839. The molecule has 2 fully saturated rings. The summed E-state index contributed by atoms with van der Waals surface area (Å²) in [6, 6.07) is -0.0585. The van der Waals surface area contributed by atoms with E-state index in [2.05, 4.69) is 25.0 Å². The highest BCUT2D eigenvalue weighted by Crippen LogP contribution is 2.33. The predicted octanol–water partition coefficient (Wildman–Crippen LogP) is 1.75. The Morgan fingerprint density at radius 1 is 1.24 bits per heavy atom. The van der Waals surface area contributed by atoms with E-state index in [1.807, 2.05) is 4.90 Å². The zero-order valence-corrected chi connectivity index (χ0v) is 14.3. The SMILES string of the molecule is Cc1nc([C@H]2CCCN2C(=O)[C@@H]2CCCN(c3cnccn3)C2)no1. The lowest BCUT2D eigenvalue weighted by atomic mass is 9.96. The van der Waals surface area contributed by atoms with Crippen molar-refractivity contribution in [2.24, 2.45) is 5.92 Å². The Bertz CT molecular complexity index is 734. The summed E-state index contributed by atoms with van der Waals surface area (Å²) in [5.74, 6) is 2.18. The summed E-state index contributed by atoms with van der Waals surface area (Å²) in [6.07, 6.45) is 8.87. The number of piperidine rings is 1. The molecule has 2 aromatic heterocycles. The smallest absolute Gasteiger partial charge is 0.228 e. The van der Waals surface area contributed by atoms with Gasteiger partial charge in [-0.2, -0.15) is 4.98 Å². The van der Waals surface area contributed by atoms with E-state index >= 15 is 0 Å². The summed E-state index contributed by atoms with van der Waals surface area (Å²) >= 11 is 0. The first-order valence-corrected chi connectivity index (χ1v) is 8.84. The summed E-state index contributed by atoms with van der Waals surface area (Å²) in [6.45, 7) is 4.14. The number of hydrogen-bond donors (Lipinski definition) is 0. The number of aromatic nitrogens is 4. The fourth-order valence-electron chi connectivity index (χ4n) is 3.83. The average Bonchev–Trinajstić information content (AvgIpc) is 3.30. The van der Waals surface area contributed by atoms with Gasteiger partial charge in [-0.3, -0.25) is 9.78 Å². The van der Waals surface area contributed by atoms with Gasteiger partial charge in [0.15, 0.2) is 5.82 Å². The minimum atomic E-state index is -0.0585. The van der Waals surface area contributed by atoms with Gasteiger partial charge in [0.1, 0.15) is 5.82 Å². The summed E-state index contributed by atoms with van der Waals surface area (Å²) in [5, 5.41) is 4.03. The van der Waals surface area contributed by atoms with Crippen molar-refractivity contribution in [1.29, 1.82) is 0 Å². The standard InChI is InChI=1S/C17H22N6O2/c1-12-20-16(21-25-12)14-5-3-9-23(14)17(24)13-4-2-8-22(11-13)15-10-18-6-7-19-15/h6-7,10,13-14H,2-5,8-9,11H2,1H3/t13-,14-/m1/s1. The minimum absolute atomic E-state index is 0.0237. The molecule has 2 aromatic rings. The zero-order valence-electron chi connectivity index (χ0n) is 14.3. The summed E-state index contributed by atoms with van der Waals surface area (Å²) < 4.78 is 5.10. The molecular weight excluding hydrogens is 320 g/mol. The number of anilines is 1. The molecule has 8 nitrogen and oxygen atoms in total.